The zero-order valence-electron chi connectivity index (χ0n) is 23.3. The molecule has 5 heterocycles. The number of nitrogens with one attached hydrogen (secondary N) is 1. The maximum atomic E-state index is 11.8. The number of H-pyrrole nitrogens is 1. The molecule has 1 N–H and O–H groups in total. The fraction of sp³-hybridized carbons (Fsp3) is 0.464. The van der Waals surface area contributed by atoms with Gasteiger partial charge in [-0.1, -0.05) is 48.7 Å². The summed E-state index contributed by atoms with van der Waals surface area (Å²) in [5.41, 5.74) is 2.65. The first-order chi connectivity index (χ1) is 20.4. The SMILES string of the molecule is Cc1nnc([C@@H]2COCCN2c2nc3nc(-c4noc(=O)[nH]4)nc(-c4cccc(Cl)c4)c3n2C[C@H]2CC[C@H](C)CC2)o1. The molecule has 13 nitrogen and oxygen atoms in total. The van der Waals surface area contributed by atoms with Crippen LogP contribution in [0.4, 0.5) is 5.95 Å². The molecule has 4 aromatic heterocycles. The summed E-state index contributed by atoms with van der Waals surface area (Å²) in [7, 11) is 0. The Morgan fingerprint density at radius 1 is 1.12 bits per heavy atom. The number of rotatable bonds is 6. The van der Waals surface area contributed by atoms with E-state index in [-0.39, 0.29) is 17.7 Å². The zero-order valence-corrected chi connectivity index (χ0v) is 24.0. The van der Waals surface area contributed by atoms with E-state index in [0.29, 0.717) is 53.8 Å². The molecule has 14 heteroatoms. The quantitative estimate of drug-likeness (QED) is 0.295. The van der Waals surface area contributed by atoms with Crippen LogP contribution in [0.1, 0.15) is 50.4 Å². The second-order valence-corrected chi connectivity index (χ2v) is 11.6. The van der Waals surface area contributed by atoms with E-state index in [9.17, 15) is 4.79 Å². The molecular formula is C28H30ClN9O4. The molecule has 42 heavy (non-hydrogen) atoms. The number of hydrogen-bond acceptors (Lipinski definition) is 11. The molecule has 2 aliphatic rings. The third-order valence-corrected chi connectivity index (χ3v) is 8.36. The maximum absolute atomic E-state index is 11.8. The number of benzene rings is 1. The number of fused-ring (bicyclic) bond motifs is 1. The highest BCUT2D eigenvalue weighted by Gasteiger charge is 2.35. The van der Waals surface area contributed by atoms with Crippen molar-refractivity contribution in [3.63, 3.8) is 0 Å². The van der Waals surface area contributed by atoms with Crippen LogP contribution >= 0.6 is 11.6 Å². The lowest BCUT2D eigenvalue weighted by Crippen LogP contribution is -2.41. The molecule has 218 valence electrons. The van der Waals surface area contributed by atoms with Crippen molar-refractivity contribution in [1.29, 1.82) is 0 Å². The third-order valence-electron chi connectivity index (χ3n) is 8.12. The van der Waals surface area contributed by atoms with Crippen molar-refractivity contribution in [2.75, 3.05) is 24.7 Å². The lowest BCUT2D eigenvalue weighted by atomic mass is 9.83. The first-order valence-corrected chi connectivity index (χ1v) is 14.6. The Kier molecular flexibility index (Phi) is 6.98. The summed E-state index contributed by atoms with van der Waals surface area (Å²) in [6.45, 7) is 6.30. The van der Waals surface area contributed by atoms with E-state index >= 15 is 0 Å². The van der Waals surface area contributed by atoms with Crippen LogP contribution in [0.15, 0.2) is 38.0 Å². The summed E-state index contributed by atoms with van der Waals surface area (Å²) < 4.78 is 18.7. The Morgan fingerprint density at radius 3 is 2.71 bits per heavy atom. The van der Waals surface area contributed by atoms with Crippen LogP contribution in [0.5, 0.6) is 0 Å². The summed E-state index contributed by atoms with van der Waals surface area (Å²) >= 11 is 6.44. The molecule has 1 saturated heterocycles. The molecule has 0 spiro atoms. The van der Waals surface area contributed by atoms with E-state index in [1.165, 1.54) is 12.8 Å². The molecule has 1 aliphatic heterocycles. The summed E-state index contributed by atoms with van der Waals surface area (Å²) in [5.74, 6) is 2.48. The molecular weight excluding hydrogens is 562 g/mol. The van der Waals surface area contributed by atoms with Gasteiger partial charge in [-0.05, 0) is 36.8 Å². The lowest BCUT2D eigenvalue weighted by molar-refractivity contribution is 0.0843. The fourth-order valence-electron chi connectivity index (χ4n) is 5.95. The van der Waals surface area contributed by atoms with Crippen LogP contribution in [0.25, 0.3) is 34.1 Å². The normalized spacial score (nSPS) is 21.3. The molecule has 7 rings (SSSR count). The van der Waals surface area contributed by atoms with E-state index in [2.05, 4.69) is 36.7 Å². The Balaban J connectivity index is 1.45. The number of aromatic amines is 1. The Morgan fingerprint density at radius 2 is 1.98 bits per heavy atom. The number of aromatic nitrogens is 8. The standard InChI is InChI=1S/C28H30ClN9O4/c1-15-6-8-17(9-7-15)13-38-22-21(18-4-3-5-19(29)12-18)30-24(25-33-28(39)42-36-25)31-23(22)32-27(38)37-10-11-40-14-20(37)26-35-34-16(2)41-26/h3-5,12,15,17,20H,6-11,13-14H2,1-2H3,(H,33,36,39)/t15-,17-,20-/m0/s1. The minimum Gasteiger partial charge on any atom is -0.423 e. The van der Waals surface area contributed by atoms with Gasteiger partial charge in [-0.2, -0.15) is 4.98 Å². The number of morpholine rings is 1. The summed E-state index contributed by atoms with van der Waals surface area (Å²) in [6.07, 6.45) is 4.63. The largest absolute Gasteiger partial charge is 0.439 e. The van der Waals surface area contributed by atoms with Gasteiger partial charge < -0.3 is 18.6 Å². The van der Waals surface area contributed by atoms with Gasteiger partial charge >= 0.3 is 5.76 Å². The van der Waals surface area contributed by atoms with E-state index in [1.54, 1.807) is 6.92 Å². The second kappa shape index (κ2) is 11.0. The number of ether oxygens (including phenoxy) is 1. The number of anilines is 1. The molecule has 1 aliphatic carbocycles. The van der Waals surface area contributed by atoms with Crippen LogP contribution in [0, 0.1) is 18.8 Å². The number of hydrogen-bond donors (Lipinski definition) is 1. The highest BCUT2D eigenvalue weighted by Crippen LogP contribution is 2.38. The summed E-state index contributed by atoms with van der Waals surface area (Å²) in [5, 5.41) is 12.8. The second-order valence-electron chi connectivity index (χ2n) is 11.1. The maximum Gasteiger partial charge on any atom is 0.439 e. The molecule has 5 aromatic rings. The predicted octanol–water partition coefficient (Wildman–Crippen LogP) is 4.59. The average molecular weight is 592 g/mol. The van der Waals surface area contributed by atoms with E-state index in [4.69, 9.17) is 40.2 Å². The molecule has 0 radical (unpaired) electrons. The van der Waals surface area contributed by atoms with Crippen molar-refractivity contribution < 1.29 is 13.7 Å². The third kappa shape index (κ3) is 5.07. The Hall–Kier alpha value is -4.10. The van der Waals surface area contributed by atoms with Gasteiger partial charge in [0.1, 0.15) is 17.3 Å². The predicted molar refractivity (Wildman–Crippen MR) is 153 cm³/mol. The van der Waals surface area contributed by atoms with Gasteiger partial charge in [0.25, 0.3) is 0 Å². The van der Waals surface area contributed by atoms with Crippen molar-refractivity contribution in [3.8, 4) is 22.9 Å². The monoisotopic (exact) mass is 591 g/mol. The Bertz CT molecular complexity index is 1790. The van der Waals surface area contributed by atoms with E-state index < -0.39 is 5.76 Å². The topological polar surface area (TPSA) is 154 Å². The Labute approximate surface area is 245 Å². The summed E-state index contributed by atoms with van der Waals surface area (Å²) in [4.78, 5) is 31.3. The summed E-state index contributed by atoms with van der Waals surface area (Å²) in [6, 6.07) is 7.17. The van der Waals surface area contributed by atoms with E-state index in [1.807, 2.05) is 24.3 Å². The van der Waals surface area contributed by atoms with Gasteiger partial charge in [0.2, 0.25) is 29.4 Å². The van der Waals surface area contributed by atoms with Crippen LogP contribution in [0.3, 0.4) is 0 Å². The molecule has 0 unspecified atom stereocenters. The van der Waals surface area contributed by atoms with Gasteiger partial charge in [0.15, 0.2) is 5.65 Å². The molecule has 1 aromatic carbocycles. The van der Waals surface area contributed by atoms with Gasteiger partial charge in [-0.25, -0.2) is 14.8 Å². The lowest BCUT2D eigenvalue weighted by Gasteiger charge is -2.35. The molecule has 1 atom stereocenters. The van der Waals surface area contributed by atoms with Crippen molar-refractivity contribution in [1.82, 2.24) is 39.9 Å². The van der Waals surface area contributed by atoms with Crippen LogP contribution in [-0.2, 0) is 11.3 Å². The van der Waals surface area contributed by atoms with Gasteiger partial charge in [0.05, 0.1) is 13.2 Å². The van der Waals surface area contributed by atoms with Gasteiger partial charge in [-0.15, -0.1) is 10.2 Å². The molecule has 1 saturated carbocycles. The highest BCUT2D eigenvalue weighted by atomic mass is 35.5. The van der Waals surface area contributed by atoms with Gasteiger partial charge in [-0.3, -0.25) is 9.51 Å². The number of aryl methyl sites for hydroxylation is 1. The minimum atomic E-state index is -0.693. The van der Waals surface area contributed by atoms with Crippen molar-refractivity contribution >= 4 is 28.7 Å². The van der Waals surface area contributed by atoms with Gasteiger partial charge in [0, 0.05) is 30.6 Å². The average Bonchev–Trinajstić information content (AvgIpc) is 3.72. The van der Waals surface area contributed by atoms with E-state index in [0.717, 1.165) is 42.3 Å². The molecule has 2 fully saturated rings. The highest BCUT2D eigenvalue weighted by molar-refractivity contribution is 6.30. The van der Waals surface area contributed by atoms with Crippen molar-refractivity contribution in [3.05, 3.63) is 51.6 Å². The zero-order chi connectivity index (χ0) is 28.8. The molecule has 0 amide bonds. The van der Waals surface area contributed by atoms with Crippen molar-refractivity contribution in [2.45, 2.75) is 52.1 Å². The number of nitrogens with zero attached hydrogens (tertiary/aromatic N) is 8. The first-order valence-electron chi connectivity index (χ1n) is 14.2. The molecule has 0 bridgehead atoms. The minimum absolute atomic E-state index is 0.119. The fourth-order valence-corrected chi connectivity index (χ4v) is 6.14. The number of halogens is 1. The van der Waals surface area contributed by atoms with Crippen LogP contribution < -0.4 is 10.7 Å². The van der Waals surface area contributed by atoms with Crippen LogP contribution in [0.2, 0.25) is 5.02 Å². The number of imidazole rings is 1. The van der Waals surface area contributed by atoms with Crippen molar-refractivity contribution in [2.24, 2.45) is 11.8 Å². The van der Waals surface area contributed by atoms with Crippen LogP contribution in [-0.4, -0.2) is 59.6 Å². The smallest absolute Gasteiger partial charge is 0.423 e. The first kappa shape index (κ1) is 26.8.